The molecule has 75 heavy (non-hydrogen) atoms. The number of ketones is 1. The van der Waals surface area contributed by atoms with Crippen LogP contribution < -0.4 is 5.32 Å². The Morgan fingerprint density at radius 3 is 1.16 bits per heavy atom. The number of thioether (sulfide) groups is 1. The van der Waals surface area contributed by atoms with E-state index < -0.39 is 12.1 Å². The topological polar surface area (TPSA) is 162 Å². The van der Waals surface area contributed by atoms with Gasteiger partial charge in [0.1, 0.15) is 19.0 Å². The smallest absolute Gasteiger partial charge is 0.306 e. The molecule has 1 saturated heterocycles. The summed E-state index contributed by atoms with van der Waals surface area (Å²) in [5.74, 6) is 1.60. The molecule has 0 saturated carbocycles. The van der Waals surface area contributed by atoms with E-state index in [1.54, 1.807) is 0 Å². The van der Waals surface area contributed by atoms with Gasteiger partial charge in [-0.2, -0.15) is 11.8 Å². The first-order valence-electron chi connectivity index (χ1n) is 31.4. The van der Waals surface area contributed by atoms with Crippen LogP contribution in [0.4, 0.5) is 0 Å². The van der Waals surface area contributed by atoms with E-state index in [-0.39, 0.29) is 55.7 Å². The number of carbonyl (C=O) groups excluding carboxylic acids is 5. The highest BCUT2D eigenvalue weighted by molar-refractivity contribution is 8.00. The molecule has 1 aliphatic heterocycles. The van der Waals surface area contributed by atoms with Crippen LogP contribution in [-0.4, -0.2) is 77.5 Å². The molecule has 0 spiro atoms. The second kappa shape index (κ2) is 54.7. The van der Waals surface area contributed by atoms with Crippen molar-refractivity contribution in [1.82, 2.24) is 5.32 Å². The molecule has 4 atom stereocenters. The summed E-state index contributed by atoms with van der Waals surface area (Å²) in [6, 6.07) is 0. The Morgan fingerprint density at radius 1 is 0.467 bits per heavy atom. The third-order valence-electron chi connectivity index (χ3n) is 14.7. The molecule has 440 valence electrons. The minimum atomic E-state index is -0.812. The van der Waals surface area contributed by atoms with Crippen molar-refractivity contribution in [2.24, 2.45) is 11.8 Å². The minimum absolute atomic E-state index is 0.105. The van der Waals surface area contributed by atoms with Gasteiger partial charge in [0.05, 0.1) is 0 Å². The predicted molar refractivity (Wildman–Crippen MR) is 312 cm³/mol. The van der Waals surface area contributed by atoms with Gasteiger partial charge in [-0.3, -0.25) is 24.0 Å². The summed E-state index contributed by atoms with van der Waals surface area (Å²) < 4.78 is 16.8. The van der Waals surface area contributed by atoms with E-state index in [2.05, 4.69) is 37.8 Å². The maximum Gasteiger partial charge on any atom is 0.306 e. The van der Waals surface area contributed by atoms with Crippen LogP contribution in [-0.2, 0) is 43.0 Å². The molecule has 0 bridgehead atoms. The normalized spacial score (nSPS) is 15.5. The fourth-order valence-corrected chi connectivity index (χ4v) is 11.5. The van der Waals surface area contributed by atoms with Crippen molar-refractivity contribution in [3.8, 4) is 0 Å². The average Bonchev–Trinajstić information content (AvgIpc) is 3.69. The minimum Gasteiger partial charge on any atom is -0.481 e. The Balaban J connectivity index is 0.0000132. The van der Waals surface area contributed by atoms with Gasteiger partial charge in [-0.15, -0.1) is 0 Å². The Morgan fingerprint density at radius 2 is 0.800 bits per heavy atom. The van der Waals surface area contributed by atoms with Crippen LogP contribution in [0.25, 0.3) is 0 Å². The second-order valence-electron chi connectivity index (χ2n) is 22.5. The Kier molecular flexibility index (Phi) is 52.8. The van der Waals surface area contributed by atoms with E-state index in [4.69, 9.17) is 19.3 Å². The highest BCUT2D eigenvalue weighted by Crippen LogP contribution is 2.39. The molecule has 2 N–H and O–H groups in total. The van der Waals surface area contributed by atoms with E-state index in [1.807, 2.05) is 0 Å². The average molecular weight is 1080 g/mol. The molecule has 12 heteroatoms. The van der Waals surface area contributed by atoms with Gasteiger partial charge in [-0.05, 0) is 76.4 Å². The lowest BCUT2D eigenvalue weighted by Gasteiger charge is -2.18. The molecular formula is C63H117NO10S. The van der Waals surface area contributed by atoms with Gasteiger partial charge in [-0.25, -0.2) is 0 Å². The first-order chi connectivity index (χ1) is 36.3. The molecule has 0 aromatic rings. The van der Waals surface area contributed by atoms with Gasteiger partial charge in [0, 0.05) is 43.9 Å². The maximum absolute atomic E-state index is 12.9. The van der Waals surface area contributed by atoms with Gasteiger partial charge in [0.15, 0.2) is 6.10 Å². The fraction of sp³-hybridized carbons (Fsp3) is 0.905. The number of aliphatic carboxylic acids is 1. The van der Waals surface area contributed by atoms with Gasteiger partial charge in [-0.1, -0.05) is 226 Å². The van der Waals surface area contributed by atoms with E-state index in [0.717, 1.165) is 139 Å². The number of rotatable bonds is 53. The molecule has 1 amide bonds. The molecule has 1 heterocycles. The number of unbranched alkanes of at least 4 members (excludes halogenated alkanes) is 34. The molecule has 4 unspecified atom stereocenters. The number of hydrogen-bond donors (Lipinski definition) is 2. The van der Waals surface area contributed by atoms with Crippen LogP contribution in [0.5, 0.6) is 0 Å². The van der Waals surface area contributed by atoms with Gasteiger partial charge < -0.3 is 29.4 Å². The molecule has 0 radical (unpaired) electrons. The van der Waals surface area contributed by atoms with Crippen LogP contribution in [0, 0.1) is 11.8 Å². The zero-order valence-corrected chi connectivity index (χ0v) is 50.1. The zero-order chi connectivity index (χ0) is 55.3. The summed E-state index contributed by atoms with van der Waals surface area (Å²) in [5.41, 5.74) is 0. The first kappa shape index (κ1) is 72.4. The lowest BCUT2D eigenvalue weighted by molar-refractivity contribution is -0.167. The summed E-state index contributed by atoms with van der Waals surface area (Å²) >= 11 is 2.12. The van der Waals surface area contributed by atoms with Crippen LogP contribution in [0.3, 0.4) is 0 Å². The summed E-state index contributed by atoms with van der Waals surface area (Å²) in [5, 5.41) is 12.6. The van der Waals surface area contributed by atoms with E-state index >= 15 is 0 Å². The quantitative estimate of drug-likeness (QED) is 0.0339. The van der Waals surface area contributed by atoms with Gasteiger partial charge >= 0.3 is 23.9 Å². The Bertz CT molecular complexity index is 1370. The van der Waals surface area contributed by atoms with E-state index in [9.17, 15) is 28.8 Å². The summed E-state index contributed by atoms with van der Waals surface area (Å²) in [7, 11) is 0. The molecule has 1 rings (SSSR count). The van der Waals surface area contributed by atoms with Crippen molar-refractivity contribution < 1.29 is 48.1 Å². The zero-order valence-electron chi connectivity index (χ0n) is 49.3. The molecular weight excluding hydrogens is 963 g/mol. The molecule has 1 fully saturated rings. The molecule has 0 aliphatic carbocycles. The van der Waals surface area contributed by atoms with Crippen LogP contribution in [0.2, 0.25) is 0 Å². The second-order valence-corrected chi connectivity index (χ2v) is 23.7. The molecule has 0 aromatic carbocycles. The fourth-order valence-electron chi connectivity index (χ4n) is 9.70. The third-order valence-corrected chi connectivity index (χ3v) is 16.6. The number of carboxylic acid groups (broad SMARTS) is 1. The largest absolute Gasteiger partial charge is 0.481 e. The van der Waals surface area contributed by atoms with E-state index in [0.29, 0.717) is 19.3 Å². The number of carbonyl (C=O) groups is 6. The lowest BCUT2D eigenvalue weighted by atomic mass is 9.92. The summed E-state index contributed by atoms with van der Waals surface area (Å²) in [6.07, 6.45) is 45.8. The van der Waals surface area contributed by atoms with Gasteiger partial charge in [0.2, 0.25) is 5.91 Å². The van der Waals surface area contributed by atoms with E-state index in [1.165, 1.54) is 154 Å². The molecule has 1 aliphatic rings. The number of ether oxygens (including phenoxy) is 3. The first-order valence-corrected chi connectivity index (χ1v) is 32.5. The van der Waals surface area contributed by atoms with Crippen LogP contribution in [0.15, 0.2) is 0 Å². The summed E-state index contributed by atoms with van der Waals surface area (Å²) in [6.45, 7) is 10.6. The van der Waals surface area contributed by atoms with Crippen molar-refractivity contribution in [2.45, 2.75) is 328 Å². The van der Waals surface area contributed by atoms with Gasteiger partial charge in [0.25, 0.3) is 0 Å². The third kappa shape index (κ3) is 53.2. The van der Waals surface area contributed by atoms with Crippen LogP contribution >= 0.6 is 11.8 Å². The summed E-state index contributed by atoms with van der Waals surface area (Å²) in [4.78, 5) is 70.5. The number of carboxylic acids is 1. The number of hydrogen-bond acceptors (Lipinski definition) is 10. The maximum atomic E-state index is 12.9. The lowest BCUT2D eigenvalue weighted by Crippen LogP contribution is -2.30. The SMILES string of the molecule is CC(C)=O.CCCCCCCCCCCCCCCCCC(=O)OCC(COC(=O)CCCCCCCCCCCNC(=O)CCCCC1SCC(C)C1C)OC(=O)CCCCCCCCCCCCCCC(=O)O. The van der Waals surface area contributed by atoms with Crippen molar-refractivity contribution in [1.29, 1.82) is 0 Å². The van der Waals surface area contributed by atoms with Crippen molar-refractivity contribution in [3.05, 3.63) is 0 Å². The molecule has 0 aromatic heterocycles. The van der Waals surface area contributed by atoms with Crippen LogP contribution in [0.1, 0.15) is 317 Å². The van der Waals surface area contributed by atoms with Crippen molar-refractivity contribution in [3.63, 3.8) is 0 Å². The Labute approximate surface area is 464 Å². The standard InChI is InChI=1S/C60H111NO9S.C3H6O/c1-4-5-6-7-8-9-10-11-12-13-17-21-26-31-36-45-58(65)68-49-54(70-60(67)47-38-33-28-22-18-15-14-16-20-25-30-35-44-57(63)64)50-69-59(66)46-37-32-27-23-19-24-29-34-41-48-61-56(62)43-40-39-42-55-53(3)52(2)51-71-55;1-3(2)4/h52-55H,4-51H2,1-3H3,(H,61,62)(H,63,64);1-2H3. The predicted octanol–water partition coefficient (Wildman–Crippen LogP) is 17.4. The van der Waals surface area contributed by atoms with Crippen molar-refractivity contribution >= 4 is 47.3 Å². The number of esters is 3. The number of nitrogens with one attached hydrogen (secondary N) is 1. The molecule has 11 nitrogen and oxygen atoms in total. The number of amides is 1. The monoisotopic (exact) mass is 1080 g/mol. The number of Topliss-reactive ketones (excluding diaryl/α,β-unsaturated/α-hetero) is 1. The Hall–Kier alpha value is -2.63. The highest BCUT2D eigenvalue weighted by Gasteiger charge is 2.29. The highest BCUT2D eigenvalue weighted by atomic mass is 32.2. The van der Waals surface area contributed by atoms with Crippen molar-refractivity contribution in [2.75, 3.05) is 25.5 Å².